The first kappa shape index (κ1) is 19.4. The first-order valence-electron chi connectivity index (χ1n) is 9.13. The molecule has 0 atom stereocenters. The van der Waals surface area contributed by atoms with Crippen molar-refractivity contribution in [2.45, 2.75) is 26.9 Å². The quantitative estimate of drug-likeness (QED) is 0.724. The third-order valence-electron chi connectivity index (χ3n) is 4.01. The molecule has 0 saturated carbocycles. The predicted molar refractivity (Wildman–Crippen MR) is 110 cm³/mol. The molecule has 0 spiro atoms. The molecule has 2 amide bonds. The Hall–Kier alpha value is -3.35. The van der Waals surface area contributed by atoms with E-state index in [-0.39, 0.29) is 12.1 Å². The van der Waals surface area contributed by atoms with Gasteiger partial charge in [0.1, 0.15) is 0 Å². The van der Waals surface area contributed by atoms with Gasteiger partial charge in [0.25, 0.3) is 0 Å². The summed E-state index contributed by atoms with van der Waals surface area (Å²) >= 11 is 0. The Kier molecular flexibility index (Phi) is 5.63. The van der Waals surface area contributed by atoms with Crippen LogP contribution in [0.15, 0.2) is 48.5 Å². The monoisotopic (exact) mass is 379 g/mol. The fourth-order valence-electron chi connectivity index (χ4n) is 2.54. The van der Waals surface area contributed by atoms with Crippen LogP contribution in [0.2, 0.25) is 0 Å². The molecule has 1 N–H and O–H groups in total. The maximum atomic E-state index is 11.8. The van der Waals surface area contributed by atoms with E-state index in [1.54, 1.807) is 18.8 Å². The highest BCUT2D eigenvalue weighted by atomic mass is 16.5. The highest BCUT2D eigenvalue weighted by Crippen LogP contribution is 2.25. The van der Waals surface area contributed by atoms with Crippen LogP contribution in [-0.4, -0.2) is 45.9 Å². The second-order valence-corrected chi connectivity index (χ2v) is 7.03. The molecule has 0 radical (unpaired) electrons. The molecule has 1 aromatic heterocycles. The van der Waals surface area contributed by atoms with Crippen LogP contribution in [0.4, 0.5) is 10.5 Å². The lowest BCUT2D eigenvalue weighted by Gasteiger charge is -2.12. The average molecular weight is 379 g/mol. The highest BCUT2D eigenvalue weighted by molar-refractivity contribution is 5.89. The molecular formula is C21H25N5O2. The second kappa shape index (κ2) is 8.12. The first-order valence-corrected chi connectivity index (χ1v) is 9.13. The lowest BCUT2D eigenvalue weighted by atomic mass is 10.1. The van der Waals surface area contributed by atoms with Crippen molar-refractivity contribution in [3.63, 3.8) is 0 Å². The summed E-state index contributed by atoms with van der Waals surface area (Å²) in [6, 6.07) is 15.7. The zero-order valence-electron chi connectivity index (χ0n) is 16.8. The standard InChI is InChI=1S/C21H25N5O2/c1-14(2)28-20-23-19(16-8-6-15(3)7-9-16)26(24-20)18-12-10-17(11-13-18)22-21(27)25(4)5/h6-14H,1-5H3,(H,22,27). The van der Waals surface area contributed by atoms with E-state index in [2.05, 4.69) is 15.4 Å². The van der Waals surface area contributed by atoms with E-state index in [9.17, 15) is 4.79 Å². The molecule has 0 fully saturated rings. The fourth-order valence-corrected chi connectivity index (χ4v) is 2.54. The van der Waals surface area contributed by atoms with Crippen LogP contribution in [0.3, 0.4) is 0 Å². The molecule has 7 heteroatoms. The highest BCUT2D eigenvalue weighted by Gasteiger charge is 2.16. The van der Waals surface area contributed by atoms with Gasteiger partial charge in [-0.05, 0) is 45.0 Å². The van der Waals surface area contributed by atoms with E-state index in [1.807, 2.05) is 69.3 Å². The van der Waals surface area contributed by atoms with Crippen molar-refractivity contribution in [3.05, 3.63) is 54.1 Å². The van der Waals surface area contributed by atoms with Crippen molar-refractivity contribution in [1.82, 2.24) is 19.7 Å². The lowest BCUT2D eigenvalue weighted by molar-refractivity contribution is 0.222. The van der Waals surface area contributed by atoms with Crippen molar-refractivity contribution in [2.24, 2.45) is 0 Å². The van der Waals surface area contributed by atoms with Gasteiger partial charge in [-0.3, -0.25) is 0 Å². The number of benzene rings is 2. The molecule has 3 rings (SSSR count). The minimum absolute atomic E-state index is 0.0228. The van der Waals surface area contributed by atoms with Gasteiger partial charge in [0.05, 0.1) is 11.8 Å². The van der Waals surface area contributed by atoms with Crippen molar-refractivity contribution < 1.29 is 9.53 Å². The molecule has 28 heavy (non-hydrogen) atoms. The van der Waals surface area contributed by atoms with Crippen LogP contribution in [0, 0.1) is 6.92 Å². The van der Waals surface area contributed by atoms with E-state index < -0.39 is 0 Å². The Labute approximate surface area is 165 Å². The summed E-state index contributed by atoms with van der Waals surface area (Å²) in [6.45, 7) is 5.92. The van der Waals surface area contributed by atoms with Crippen LogP contribution in [0.5, 0.6) is 6.01 Å². The number of nitrogens with one attached hydrogen (secondary N) is 1. The Morgan fingerprint density at radius 3 is 2.29 bits per heavy atom. The summed E-state index contributed by atoms with van der Waals surface area (Å²) in [7, 11) is 3.40. The van der Waals surface area contributed by atoms with Crippen LogP contribution in [0.1, 0.15) is 19.4 Å². The molecule has 0 aliphatic rings. The lowest BCUT2D eigenvalue weighted by Crippen LogP contribution is -2.27. The molecular weight excluding hydrogens is 354 g/mol. The minimum atomic E-state index is -0.179. The van der Waals surface area contributed by atoms with Gasteiger partial charge in [0, 0.05) is 25.3 Å². The van der Waals surface area contributed by atoms with Crippen molar-refractivity contribution >= 4 is 11.7 Å². The number of rotatable bonds is 5. The Morgan fingerprint density at radius 1 is 1.07 bits per heavy atom. The number of hydrogen-bond donors (Lipinski definition) is 1. The van der Waals surface area contributed by atoms with Gasteiger partial charge < -0.3 is 15.0 Å². The zero-order valence-corrected chi connectivity index (χ0v) is 16.8. The van der Waals surface area contributed by atoms with Crippen molar-refractivity contribution in [1.29, 1.82) is 0 Å². The van der Waals surface area contributed by atoms with Gasteiger partial charge >= 0.3 is 12.0 Å². The number of urea groups is 1. The Bertz CT molecular complexity index is 944. The summed E-state index contributed by atoms with van der Waals surface area (Å²) in [5.41, 5.74) is 3.65. The molecule has 1 heterocycles. The molecule has 0 bridgehead atoms. The number of aryl methyl sites for hydroxylation is 1. The summed E-state index contributed by atoms with van der Waals surface area (Å²) in [6.07, 6.45) is -0.0228. The average Bonchev–Trinajstić information content (AvgIpc) is 3.05. The number of nitrogens with zero attached hydrogens (tertiary/aromatic N) is 4. The summed E-state index contributed by atoms with van der Waals surface area (Å²) in [5.74, 6) is 0.695. The maximum Gasteiger partial charge on any atom is 0.336 e. The Morgan fingerprint density at radius 2 is 1.71 bits per heavy atom. The maximum absolute atomic E-state index is 11.8. The fraction of sp³-hybridized carbons (Fsp3) is 0.286. The molecule has 0 aliphatic heterocycles. The topological polar surface area (TPSA) is 72.3 Å². The van der Waals surface area contributed by atoms with E-state index in [4.69, 9.17) is 4.74 Å². The third kappa shape index (κ3) is 4.49. The molecule has 0 unspecified atom stereocenters. The van der Waals surface area contributed by atoms with E-state index in [1.165, 1.54) is 10.5 Å². The van der Waals surface area contributed by atoms with E-state index in [0.29, 0.717) is 17.5 Å². The number of aromatic nitrogens is 3. The number of carbonyl (C=O) groups is 1. The molecule has 7 nitrogen and oxygen atoms in total. The van der Waals surface area contributed by atoms with E-state index in [0.717, 1.165) is 11.3 Å². The number of ether oxygens (including phenoxy) is 1. The molecule has 0 aliphatic carbocycles. The molecule has 3 aromatic rings. The van der Waals surface area contributed by atoms with Crippen LogP contribution in [-0.2, 0) is 0 Å². The number of carbonyl (C=O) groups excluding carboxylic acids is 1. The van der Waals surface area contributed by atoms with E-state index >= 15 is 0 Å². The van der Waals surface area contributed by atoms with Gasteiger partial charge in [-0.15, -0.1) is 5.10 Å². The van der Waals surface area contributed by atoms with Crippen LogP contribution >= 0.6 is 0 Å². The first-order chi connectivity index (χ1) is 13.3. The molecule has 2 aromatic carbocycles. The summed E-state index contributed by atoms with van der Waals surface area (Å²) in [5, 5.41) is 7.35. The largest absolute Gasteiger partial charge is 0.460 e. The number of hydrogen-bond acceptors (Lipinski definition) is 4. The predicted octanol–water partition coefficient (Wildman–Crippen LogP) is 4.12. The Balaban J connectivity index is 1.96. The van der Waals surface area contributed by atoms with Crippen molar-refractivity contribution in [2.75, 3.05) is 19.4 Å². The third-order valence-corrected chi connectivity index (χ3v) is 4.01. The van der Waals surface area contributed by atoms with Gasteiger partial charge in [0.2, 0.25) is 0 Å². The normalized spacial score (nSPS) is 10.8. The van der Waals surface area contributed by atoms with Gasteiger partial charge in [-0.25, -0.2) is 9.48 Å². The molecule has 0 saturated heterocycles. The zero-order chi connectivity index (χ0) is 20.3. The molecule has 146 valence electrons. The van der Waals surface area contributed by atoms with Crippen LogP contribution < -0.4 is 10.1 Å². The summed E-state index contributed by atoms with van der Waals surface area (Å²) in [4.78, 5) is 17.9. The summed E-state index contributed by atoms with van der Waals surface area (Å²) < 4.78 is 7.45. The second-order valence-electron chi connectivity index (χ2n) is 7.03. The minimum Gasteiger partial charge on any atom is -0.460 e. The SMILES string of the molecule is Cc1ccc(-c2nc(OC(C)C)nn2-c2ccc(NC(=O)N(C)C)cc2)cc1. The van der Waals surface area contributed by atoms with Crippen molar-refractivity contribution in [3.8, 4) is 23.1 Å². The van der Waals surface area contributed by atoms with Gasteiger partial charge in [0.15, 0.2) is 5.82 Å². The van der Waals surface area contributed by atoms with Crippen LogP contribution in [0.25, 0.3) is 17.1 Å². The smallest absolute Gasteiger partial charge is 0.336 e. The van der Waals surface area contributed by atoms with Gasteiger partial charge in [-0.2, -0.15) is 4.98 Å². The number of amides is 2. The van der Waals surface area contributed by atoms with Gasteiger partial charge in [-0.1, -0.05) is 29.8 Å². The number of anilines is 1.